The number of unbranched alkanes of at least 4 members (excludes halogenated alkanes) is 5. The maximum absolute atomic E-state index is 2.46. The summed E-state index contributed by atoms with van der Waals surface area (Å²) in [6.07, 6.45) is 10.6. The molecule has 0 saturated carbocycles. The maximum Gasteiger partial charge on any atom is 0.224 e. The topological polar surface area (TPSA) is 3.88 Å². The van der Waals surface area contributed by atoms with Gasteiger partial charge in [0, 0.05) is 6.42 Å². The largest absolute Gasteiger partial charge is 0.224 e. The minimum absolute atomic E-state index is 1.20. The van der Waals surface area contributed by atoms with Crippen LogP contribution < -0.4 is 4.57 Å². The van der Waals surface area contributed by atoms with Crippen molar-refractivity contribution in [2.24, 2.45) is 0 Å². The zero-order valence-electron chi connectivity index (χ0n) is 8.62. The SMILES string of the molecule is ICCCCCCCC[n+]1ccsc1. The molecule has 0 bridgehead atoms. The third-order valence-electron chi connectivity index (χ3n) is 2.33. The Morgan fingerprint density at radius 1 is 1.00 bits per heavy atom. The van der Waals surface area contributed by atoms with Crippen LogP contribution in [0.1, 0.15) is 38.5 Å². The van der Waals surface area contributed by atoms with Crippen molar-refractivity contribution in [3.05, 3.63) is 17.1 Å². The molecule has 0 saturated heterocycles. The van der Waals surface area contributed by atoms with Crippen LogP contribution in [0.2, 0.25) is 0 Å². The van der Waals surface area contributed by atoms with Crippen LogP contribution in [0.25, 0.3) is 0 Å². The number of halogens is 1. The molecule has 0 aliphatic rings. The fourth-order valence-corrected chi connectivity index (χ4v) is 2.65. The van der Waals surface area contributed by atoms with Crippen LogP contribution in [-0.2, 0) is 6.54 Å². The van der Waals surface area contributed by atoms with Gasteiger partial charge in [0.25, 0.3) is 0 Å². The van der Waals surface area contributed by atoms with Gasteiger partial charge in [0.1, 0.15) is 6.54 Å². The number of aryl methyl sites for hydroxylation is 1. The summed E-state index contributed by atoms with van der Waals surface area (Å²) >= 11 is 4.24. The average molecular weight is 324 g/mol. The molecule has 0 fully saturated rings. The van der Waals surface area contributed by atoms with Crippen LogP contribution in [0.15, 0.2) is 17.1 Å². The summed E-state index contributed by atoms with van der Waals surface area (Å²) in [4.78, 5) is 0. The Morgan fingerprint density at radius 3 is 2.36 bits per heavy atom. The molecule has 0 atom stereocenters. The number of hydrogen-bond donors (Lipinski definition) is 0. The molecular weight excluding hydrogens is 305 g/mol. The number of thiazole rings is 1. The van der Waals surface area contributed by atoms with E-state index in [1.54, 1.807) is 11.3 Å². The molecule has 1 heterocycles. The highest BCUT2D eigenvalue weighted by Gasteiger charge is 1.98. The van der Waals surface area contributed by atoms with E-state index in [-0.39, 0.29) is 0 Å². The highest BCUT2D eigenvalue weighted by atomic mass is 127. The van der Waals surface area contributed by atoms with E-state index >= 15 is 0 Å². The lowest BCUT2D eigenvalue weighted by Crippen LogP contribution is -2.29. The summed E-state index contributed by atoms with van der Waals surface area (Å²) in [7, 11) is 0. The first kappa shape index (κ1) is 12.4. The minimum Gasteiger partial charge on any atom is -0.195 e. The summed E-state index contributed by atoms with van der Waals surface area (Å²) in [6, 6.07) is 0. The van der Waals surface area contributed by atoms with Gasteiger partial charge in [-0.1, -0.05) is 53.2 Å². The Morgan fingerprint density at radius 2 is 1.71 bits per heavy atom. The van der Waals surface area contributed by atoms with E-state index in [9.17, 15) is 0 Å². The summed E-state index contributed by atoms with van der Waals surface area (Å²) in [5.74, 6) is 0. The predicted octanol–water partition coefficient (Wildman–Crippen LogP) is 3.81. The molecule has 1 aromatic heterocycles. The van der Waals surface area contributed by atoms with Crippen molar-refractivity contribution in [3.63, 3.8) is 0 Å². The lowest BCUT2D eigenvalue weighted by molar-refractivity contribution is -0.692. The zero-order chi connectivity index (χ0) is 10.1. The number of nitrogens with zero attached hydrogens (tertiary/aromatic N) is 1. The Balaban J connectivity index is 1.85. The van der Waals surface area contributed by atoms with E-state index < -0.39 is 0 Å². The molecule has 0 spiro atoms. The zero-order valence-corrected chi connectivity index (χ0v) is 11.6. The van der Waals surface area contributed by atoms with Gasteiger partial charge in [-0.05, 0) is 17.3 Å². The second-order valence-electron chi connectivity index (χ2n) is 3.57. The van der Waals surface area contributed by atoms with Crippen LogP contribution in [0, 0.1) is 0 Å². The first-order valence-electron chi connectivity index (χ1n) is 5.40. The molecule has 0 amide bonds. The van der Waals surface area contributed by atoms with Gasteiger partial charge < -0.3 is 0 Å². The van der Waals surface area contributed by atoms with Crippen molar-refractivity contribution < 1.29 is 4.57 Å². The van der Waals surface area contributed by atoms with E-state index in [1.165, 1.54) is 49.5 Å². The van der Waals surface area contributed by atoms with Gasteiger partial charge in [-0.25, -0.2) is 0 Å². The second-order valence-corrected chi connectivity index (χ2v) is 5.41. The smallest absolute Gasteiger partial charge is 0.195 e. The minimum atomic E-state index is 1.20. The van der Waals surface area contributed by atoms with E-state index in [1.807, 2.05) is 0 Å². The molecule has 0 unspecified atom stereocenters. The third-order valence-corrected chi connectivity index (χ3v) is 3.76. The predicted molar refractivity (Wildman–Crippen MR) is 71.1 cm³/mol. The molecule has 0 aromatic carbocycles. The van der Waals surface area contributed by atoms with Crippen molar-refractivity contribution in [3.8, 4) is 0 Å². The highest BCUT2D eigenvalue weighted by Crippen LogP contribution is 2.06. The Hall–Kier alpha value is 0.360. The second kappa shape index (κ2) is 8.65. The monoisotopic (exact) mass is 324 g/mol. The fourth-order valence-electron chi connectivity index (χ4n) is 1.48. The van der Waals surface area contributed by atoms with E-state index in [0.717, 1.165) is 0 Å². The van der Waals surface area contributed by atoms with Gasteiger partial charge in [0.05, 0.1) is 5.38 Å². The Labute approximate surface area is 105 Å². The molecule has 3 heteroatoms. The summed E-state index contributed by atoms with van der Waals surface area (Å²) < 4.78 is 3.61. The maximum atomic E-state index is 2.46. The van der Waals surface area contributed by atoms with E-state index in [2.05, 4.69) is 44.2 Å². The molecule has 0 aliphatic heterocycles. The molecule has 0 radical (unpaired) electrons. The summed E-state index contributed by atoms with van der Waals surface area (Å²) in [6.45, 7) is 1.20. The summed E-state index contributed by atoms with van der Waals surface area (Å²) in [5, 5.41) is 2.14. The fraction of sp³-hybridized carbons (Fsp3) is 0.727. The third kappa shape index (κ3) is 5.96. The van der Waals surface area contributed by atoms with Crippen molar-refractivity contribution in [1.29, 1.82) is 0 Å². The van der Waals surface area contributed by atoms with Crippen LogP contribution in [0.4, 0.5) is 0 Å². The van der Waals surface area contributed by atoms with Crippen molar-refractivity contribution >= 4 is 33.9 Å². The van der Waals surface area contributed by atoms with Crippen LogP contribution in [0.5, 0.6) is 0 Å². The van der Waals surface area contributed by atoms with Gasteiger partial charge in [-0.15, -0.1) is 0 Å². The standard InChI is InChI=1S/C11H19INS/c12-7-5-3-1-2-4-6-8-13-9-10-14-11-13/h9-11H,1-8H2/q+1. The molecule has 0 aliphatic carbocycles. The molecule has 80 valence electrons. The molecule has 14 heavy (non-hydrogen) atoms. The average Bonchev–Trinajstić information content (AvgIpc) is 2.69. The first-order chi connectivity index (χ1) is 6.93. The molecule has 1 rings (SSSR count). The van der Waals surface area contributed by atoms with Gasteiger partial charge in [-0.3, -0.25) is 0 Å². The number of rotatable bonds is 8. The molecule has 1 aromatic rings. The van der Waals surface area contributed by atoms with E-state index in [0.29, 0.717) is 0 Å². The normalized spacial score (nSPS) is 10.6. The lowest BCUT2D eigenvalue weighted by atomic mass is 10.1. The van der Waals surface area contributed by atoms with Crippen LogP contribution >= 0.6 is 33.9 Å². The van der Waals surface area contributed by atoms with Gasteiger partial charge in [-0.2, -0.15) is 4.57 Å². The number of aromatic nitrogens is 1. The van der Waals surface area contributed by atoms with Crippen LogP contribution in [-0.4, -0.2) is 4.43 Å². The number of alkyl halides is 1. The van der Waals surface area contributed by atoms with E-state index in [4.69, 9.17) is 0 Å². The number of hydrogen-bond acceptors (Lipinski definition) is 1. The van der Waals surface area contributed by atoms with Crippen molar-refractivity contribution in [2.75, 3.05) is 4.43 Å². The van der Waals surface area contributed by atoms with Gasteiger partial charge in [0.2, 0.25) is 5.51 Å². The quantitative estimate of drug-likeness (QED) is 0.296. The lowest BCUT2D eigenvalue weighted by Gasteiger charge is -1.97. The first-order valence-corrected chi connectivity index (χ1v) is 7.87. The van der Waals surface area contributed by atoms with Gasteiger partial charge in [0.15, 0.2) is 6.20 Å². The molecular formula is C11H19INS+. The highest BCUT2D eigenvalue weighted by molar-refractivity contribution is 14.1. The molecule has 0 N–H and O–H groups in total. The van der Waals surface area contributed by atoms with Gasteiger partial charge >= 0.3 is 0 Å². The Kier molecular flexibility index (Phi) is 7.68. The van der Waals surface area contributed by atoms with Crippen molar-refractivity contribution in [2.45, 2.75) is 45.1 Å². The Bertz CT molecular complexity index is 211. The summed E-state index contributed by atoms with van der Waals surface area (Å²) in [5.41, 5.74) is 2.19. The van der Waals surface area contributed by atoms with Crippen LogP contribution in [0.3, 0.4) is 0 Å². The van der Waals surface area contributed by atoms with Crippen molar-refractivity contribution in [1.82, 2.24) is 0 Å². The molecule has 1 nitrogen and oxygen atoms in total.